The molecule has 2 N–H and O–H groups in total. The number of nitrogens with one attached hydrogen (secondary N) is 1. The predicted molar refractivity (Wildman–Crippen MR) is 57.2 cm³/mol. The number of alkyl carbamates (subject to hydrolysis) is 1. The van der Waals surface area contributed by atoms with Crippen molar-refractivity contribution in [3.8, 4) is 0 Å². The summed E-state index contributed by atoms with van der Waals surface area (Å²) >= 11 is 0. The van der Waals surface area contributed by atoms with Crippen LogP contribution in [-0.4, -0.2) is 29.9 Å². The molecule has 0 aromatic heterocycles. The molecular formula is C11H12FNO4. The van der Waals surface area contributed by atoms with Crippen molar-refractivity contribution in [1.82, 2.24) is 5.32 Å². The maximum absolute atomic E-state index is 12.6. The van der Waals surface area contributed by atoms with Gasteiger partial charge in [0.1, 0.15) is 13.3 Å². The number of hydrogen-bond acceptors (Lipinski definition) is 3. The number of aliphatic carboxylic acids is 1. The third kappa shape index (κ3) is 4.50. The van der Waals surface area contributed by atoms with Crippen molar-refractivity contribution in [3.63, 3.8) is 0 Å². The summed E-state index contributed by atoms with van der Waals surface area (Å²) in [6.45, 7) is -2.51. The number of carbonyl (C=O) groups is 2. The zero-order chi connectivity index (χ0) is 13.5. The number of ether oxygens (including phenoxy) is 1. The molecule has 1 aromatic rings. The van der Waals surface area contributed by atoms with Gasteiger partial charge in [0.2, 0.25) is 0 Å². The van der Waals surface area contributed by atoms with Crippen LogP contribution < -0.4 is 5.32 Å². The monoisotopic (exact) mass is 242 g/mol. The second-order valence-corrected chi connectivity index (χ2v) is 3.15. The number of halogens is 1. The van der Waals surface area contributed by atoms with Crippen molar-refractivity contribution in [1.29, 1.82) is 0 Å². The molecule has 0 fully saturated rings. The average molecular weight is 242 g/mol. The van der Waals surface area contributed by atoms with E-state index >= 15 is 0 Å². The molecule has 0 radical (unpaired) electrons. The van der Waals surface area contributed by atoms with Crippen LogP contribution in [-0.2, 0) is 16.1 Å². The largest absolute Gasteiger partial charge is 0.480 e. The molecule has 5 nitrogen and oxygen atoms in total. The van der Waals surface area contributed by atoms with Crippen molar-refractivity contribution in [2.24, 2.45) is 0 Å². The minimum Gasteiger partial charge on any atom is -0.480 e. The molecule has 6 heteroatoms. The highest BCUT2D eigenvalue weighted by atomic mass is 19.1. The Labute approximate surface area is 98.6 Å². The van der Waals surface area contributed by atoms with Crippen molar-refractivity contribution < 1.29 is 25.2 Å². The van der Waals surface area contributed by atoms with E-state index in [4.69, 9.17) is 11.2 Å². The van der Waals surface area contributed by atoms with Crippen LogP contribution in [0.15, 0.2) is 30.3 Å². The lowest BCUT2D eigenvalue weighted by molar-refractivity contribution is -0.139. The molecule has 1 unspecified atom stereocenters. The van der Waals surface area contributed by atoms with Crippen LogP contribution in [0.5, 0.6) is 0 Å². The van der Waals surface area contributed by atoms with Crippen LogP contribution in [0.3, 0.4) is 0 Å². The van der Waals surface area contributed by atoms with Crippen LogP contribution >= 0.6 is 0 Å². The van der Waals surface area contributed by atoms with Gasteiger partial charge in [0.05, 0.1) is 1.37 Å². The first kappa shape index (κ1) is 11.4. The van der Waals surface area contributed by atoms with Crippen LogP contribution in [0.1, 0.15) is 6.93 Å². The van der Waals surface area contributed by atoms with Gasteiger partial charge >= 0.3 is 12.1 Å². The second-order valence-electron chi connectivity index (χ2n) is 3.15. The standard InChI is InChI=1S/C11H12FNO4/c12-6-9(10(14)15)13-11(16)17-7-8-4-2-1-3-5-8/h1-5,9H,6-7H2,(H,13,16)(H,14,15)/t9-/m0/s1/i6D/t6?,9-. The van der Waals surface area contributed by atoms with E-state index in [0.29, 0.717) is 5.56 Å². The summed E-state index contributed by atoms with van der Waals surface area (Å²) in [6, 6.07) is 6.77. The highest BCUT2D eigenvalue weighted by Crippen LogP contribution is 2.00. The zero-order valence-corrected chi connectivity index (χ0v) is 8.80. The minimum absolute atomic E-state index is 0.0615. The van der Waals surface area contributed by atoms with E-state index in [1.54, 1.807) is 35.6 Å². The van der Waals surface area contributed by atoms with Gasteiger partial charge in [-0.15, -0.1) is 0 Å². The van der Waals surface area contributed by atoms with Crippen LogP contribution in [0.25, 0.3) is 0 Å². The lowest BCUT2D eigenvalue weighted by Crippen LogP contribution is -2.42. The van der Waals surface area contributed by atoms with Gasteiger partial charge in [-0.1, -0.05) is 30.3 Å². The molecule has 0 bridgehead atoms. The van der Waals surface area contributed by atoms with Crippen LogP contribution in [0, 0.1) is 0 Å². The van der Waals surface area contributed by atoms with E-state index < -0.39 is 24.8 Å². The summed E-state index contributed by atoms with van der Waals surface area (Å²) in [5.41, 5.74) is 0.710. The molecule has 0 saturated heterocycles. The molecule has 0 aliphatic heterocycles. The molecule has 0 spiro atoms. The molecule has 1 amide bonds. The molecule has 0 aliphatic rings. The molecule has 0 heterocycles. The van der Waals surface area contributed by atoms with E-state index in [0.717, 1.165) is 0 Å². The Kier molecular flexibility index (Phi) is 4.33. The molecule has 92 valence electrons. The molecule has 0 aliphatic carbocycles. The molecule has 17 heavy (non-hydrogen) atoms. The fourth-order valence-corrected chi connectivity index (χ4v) is 1.04. The van der Waals surface area contributed by atoms with Gasteiger partial charge in [0, 0.05) is 0 Å². The first-order chi connectivity index (χ1) is 8.50. The Morgan fingerprint density at radius 1 is 1.47 bits per heavy atom. The lowest BCUT2D eigenvalue weighted by Gasteiger charge is -2.11. The van der Waals surface area contributed by atoms with E-state index in [-0.39, 0.29) is 6.61 Å². The van der Waals surface area contributed by atoms with Gasteiger partial charge in [-0.3, -0.25) is 0 Å². The second kappa shape index (κ2) is 6.47. The summed E-state index contributed by atoms with van der Waals surface area (Å²) in [6.07, 6.45) is -1.08. The number of hydrogen-bond donors (Lipinski definition) is 2. The summed E-state index contributed by atoms with van der Waals surface area (Å²) < 4.78 is 23.9. The Hall–Kier alpha value is -2.11. The Balaban J connectivity index is 2.44. The number of alkyl halides is 1. The maximum atomic E-state index is 12.6. The van der Waals surface area contributed by atoms with Gasteiger partial charge in [-0.25, -0.2) is 14.0 Å². The number of carboxylic acid groups (broad SMARTS) is 1. The smallest absolute Gasteiger partial charge is 0.408 e. The maximum Gasteiger partial charge on any atom is 0.408 e. The summed E-state index contributed by atoms with van der Waals surface area (Å²) in [5, 5.41) is 10.3. The summed E-state index contributed by atoms with van der Waals surface area (Å²) in [5.74, 6) is -1.63. The Morgan fingerprint density at radius 2 is 2.12 bits per heavy atom. The van der Waals surface area contributed by atoms with Crippen LogP contribution in [0.4, 0.5) is 9.18 Å². The SMILES string of the molecule is [2H]C(F)[C@H](NC(=O)OCc1ccccc1)C(=O)O. The molecule has 1 aromatic carbocycles. The summed E-state index contributed by atoms with van der Waals surface area (Å²) in [4.78, 5) is 21.7. The number of carbonyl (C=O) groups excluding carboxylic acids is 1. The van der Waals surface area contributed by atoms with E-state index in [9.17, 15) is 14.0 Å². The van der Waals surface area contributed by atoms with Gasteiger partial charge in [-0.05, 0) is 5.56 Å². The number of amides is 1. The fourth-order valence-electron chi connectivity index (χ4n) is 1.04. The van der Waals surface area contributed by atoms with Gasteiger partial charge in [0.25, 0.3) is 0 Å². The van der Waals surface area contributed by atoms with Crippen molar-refractivity contribution >= 4 is 12.1 Å². The number of benzene rings is 1. The third-order valence-electron chi connectivity index (χ3n) is 1.88. The molecule has 1 rings (SSSR count). The van der Waals surface area contributed by atoms with Crippen molar-refractivity contribution in [3.05, 3.63) is 35.9 Å². The van der Waals surface area contributed by atoms with Crippen molar-refractivity contribution in [2.75, 3.05) is 6.65 Å². The quantitative estimate of drug-likeness (QED) is 0.816. The molecule has 2 atom stereocenters. The van der Waals surface area contributed by atoms with Gasteiger partial charge in [0.15, 0.2) is 6.04 Å². The molecule has 0 saturated carbocycles. The van der Waals surface area contributed by atoms with Gasteiger partial charge in [-0.2, -0.15) is 0 Å². The van der Waals surface area contributed by atoms with Gasteiger partial charge < -0.3 is 15.2 Å². The first-order valence-corrected chi connectivity index (χ1v) is 4.77. The minimum atomic E-state index is -2.45. The topological polar surface area (TPSA) is 75.6 Å². The summed E-state index contributed by atoms with van der Waals surface area (Å²) in [7, 11) is 0. The van der Waals surface area contributed by atoms with E-state index in [2.05, 4.69) is 0 Å². The lowest BCUT2D eigenvalue weighted by atomic mass is 10.2. The highest BCUT2D eigenvalue weighted by molar-refractivity contribution is 5.79. The first-order valence-electron chi connectivity index (χ1n) is 5.35. The zero-order valence-electron chi connectivity index (χ0n) is 9.80. The number of rotatable bonds is 5. The predicted octanol–water partition coefficient (Wildman–Crippen LogP) is 1.34. The highest BCUT2D eigenvalue weighted by Gasteiger charge is 2.20. The fraction of sp³-hybridized carbons (Fsp3) is 0.273. The Bertz CT molecular complexity index is 413. The van der Waals surface area contributed by atoms with Crippen LogP contribution in [0.2, 0.25) is 0 Å². The Morgan fingerprint density at radius 3 is 2.65 bits per heavy atom. The molecular weight excluding hydrogens is 229 g/mol. The van der Waals surface area contributed by atoms with Crippen molar-refractivity contribution in [2.45, 2.75) is 12.6 Å². The average Bonchev–Trinajstić information content (AvgIpc) is 2.34. The third-order valence-corrected chi connectivity index (χ3v) is 1.88. The number of carboxylic acids is 1. The van der Waals surface area contributed by atoms with E-state index in [1.165, 1.54) is 0 Å². The van der Waals surface area contributed by atoms with E-state index in [1.807, 2.05) is 0 Å². The normalized spacial score (nSPS) is 14.3.